The Kier molecular flexibility index (Phi) is 85.9. The van der Waals surface area contributed by atoms with Crippen LogP contribution in [0.1, 0.15) is 28.2 Å². The summed E-state index contributed by atoms with van der Waals surface area (Å²) in [6, 6.07) is 0. The van der Waals surface area contributed by atoms with Crippen molar-refractivity contribution < 1.29 is 14.8 Å². The van der Waals surface area contributed by atoms with Crippen LogP contribution in [0.4, 0.5) is 0 Å². The Balaban J connectivity index is -0.0000000273. The smallest absolute Gasteiger partial charge is 0.427 e. The highest BCUT2D eigenvalue weighted by atomic mass is 16.4. The quantitative estimate of drug-likeness (QED) is 0.399. The minimum Gasteiger partial charge on any atom is -0.427 e. The SMILES string of the molecule is C.CB(O)O.CC.CC=O. The molecule has 0 saturated heterocycles. The Hall–Kier alpha value is -0.345. The number of aldehydes is 1. The van der Waals surface area contributed by atoms with Gasteiger partial charge in [-0.05, 0) is 13.7 Å². The van der Waals surface area contributed by atoms with E-state index in [1.54, 1.807) is 0 Å². The van der Waals surface area contributed by atoms with E-state index in [4.69, 9.17) is 14.8 Å². The van der Waals surface area contributed by atoms with Crippen molar-refractivity contribution in [3.8, 4) is 0 Å². The summed E-state index contributed by atoms with van der Waals surface area (Å²) in [5.41, 5.74) is 0. The molecule has 0 saturated carbocycles. The Morgan fingerprint density at radius 1 is 1.30 bits per heavy atom. The van der Waals surface area contributed by atoms with Crippen LogP contribution in [-0.2, 0) is 4.79 Å². The Morgan fingerprint density at radius 3 is 1.30 bits per heavy atom. The molecule has 3 nitrogen and oxygen atoms in total. The number of hydrogen-bond donors (Lipinski definition) is 2. The lowest BCUT2D eigenvalue weighted by molar-refractivity contribution is -0.106. The molecule has 0 aromatic heterocycles. The van der Waals surface area contributed by atoms with Gasteiger partial charge < -0.3 is 14.8 Å². The molecule has 2 N–H and O–H groups in total. The normalized spacial score (nSPS) is 4.60. The first-order chi connectivity index (χ1) is 4.15. The fourth-order valence-corrected chi connectivity index (χ4v) is 0. The third-order valence-corrected chi connectivity index (χ3v) is 0. The average Bonchev–Trinajstić information content (AvgIpc) is 1.71. The Labute approximate surface area is 64.2 Å². The van der Waals surface area contributed by atoms with Crippen molar-refractivity contribution in [3.05, 3.63) is 0 Å². The maximum Gasteiger partial charge on any atom is 0.448 e. The fraction of sp³-hybridized carbons (Fsp3) is 0.833. The third-order valence-electron chi connectivity index (χ3n) is 0. The maximum atomic E-state index is 8.81. The van der Waals surface area contributed by atoms with Crippen molar-refractivity contribution in [2.75, 3.05) is 0 Å². The summed E-state index contributed by atoms with van der Waals surface area (Å²) in [5, 5.41) is 15.2. The molecule has 0 atom stereocenters. The molecule has 0 aromatic rings. The first-order valence-electron chi connectivity index (χ1n) is 2.91. The molecular formula is C6H19BO3. The Morgan fingerprint density at radius 2 is 1.30 bits per heavy atom. The maximum absolute atomic E-state index is 8.81. The molecule has 0 fully saturated rings. The zero-order valence-electron chi connectivity index (χ0n) is 6.46. The van der Waals surface area contributed by atoms with Crippen molar-refractivity contribution in [3.63, 3.8) is 0 Å². The predicted molar refractivity (Wildman–Crippen MR) is 45.9 cm³/mol. The van der Waals surface area contributed by atoms with E-state index in [2.05, 4.69) is 0 Å². The molecule has 0 aliphatic carbocycles. The van der Waals surface area contributed by atoms with Crippen molar-refractivity contribution in [1.82, 2.24) is 0 Å². The van der Waals surface area contributed by atoms with Gasteiger partial charge in [-0.2, -0.15) is 0 Å². The summed E-state index contributed by atoms with van der Waals surface area (Å²) in [6.45, 7) is 6.72. The summed E-state index contributed by atoms with van der Waals surface area (Å²) >= 11 is 0. The van der Waals surface area contributed by atoms with Crippen molar-refractivity contribution in [1.29, 1.82) is 0 Å². The van der Waals surface area contributed by atoms with Gasteiger partial charge in [-0.15, -0.1) is 0 Å². The monoisotopic (exact) mass is 150 g/mol. The topological polar surface area (TPSA) is 57.5 Å². The van der Waals surface area contributed by atoms with Crippen LogP contribution in [-0.4, -0.2) is 23.5 Å². The third kappa shape index (κ3) is 2850. The molecule has 0 rings (SSSR count). The van der Waals surface area contributed by atoms with Gasteiger partial charge in [-0.3, -0.25) is 0 Å². The second-order valence-corrected chi connectivity index (χ2v) is 0.868. The molecule has 4 heteroatoms. The summed E-state index contributed by atoms with van der Waals surface area (Å²) < 4.78 is 0. The standard InChI is InChI=1S/C2H4O.C2H6.CH5BO2.CH4/c1-2-3;1-2;1-2(3)4;/h2H,1H3;1-2H3;3-4H,1H3;1H4. The zero-order chi connectivity index (χ0) is 8.28. The van der Waals surface area contributed by atoms with Gasteiger partial charge in [-0.25, -0.2) is 0 Å². The van der Waals surface area contributed by atoms with Crippen LogP contribution in [0.3, 0.4) is 0 Å². The minimum atomic E-state index is -1.17. The lowest BCUT2D eigenvalue weighted by Gasteiger charge is -1.71. The molecule has 0 heterocycles. The molecule has 0 spiro atoms. The first kappa shape index (κ1) is 22.6. The predicted octanol–water partition coefficient (Wildman–Crippen LogP) is 0.957. The lowest BCUT2D eigenvalue weighted by atomic mass is 9.99. The van der Waals surface area contributed by atoms with E-state index in [-0.39, 0.29) is 7.43 Å². The number of carbonyl (C=O) groups is 1. The van der Waals surface area contributed by atoms with Crippen molar-refractivity contribution in [2.45, 2.75) is 35.0 Å². The molecule has 0 radical (unpaired) electrons. The van der Waals surface area contributed by atoms with E-state index < -0.39 is 7.12 Å². The first-order valence-corrected chi connectivity index (χ1v) is 2.91. The second-order valence-electron chi connectivity index (χ2n) is 0.868. The zero-order valence-corrected chi connectivity index (χ0v) is 6.46. The average molecular weight is 150 g/mol. The van der Waals surface area contributed by atoms with Gasteiger partial charge in [0.05, 0.1) is 0 Å². The lowest BCUT2D eigenvalue weighted by Crippen LogP contribution is -2.00. The van der Waals surface area contributed by atoms with Gasteiger partial charge in [0.1, 0.15) is 6.29 Å². The summed E-state index contributed by atoms with van der Waals surface area (Å²) in [4.78, 5) is 8.81. The van der Waals surface area contributed by atoms with Crippen LogP contribution < -0.4 is 0 Å². The molecular weight excluding hydrogens is 131 g/mol. The van der Waals surface area contributed by atoms with E-state index in [0.717, 1.165) is 6.29 Å². The number of carbonyl (C=O) groups excluding carboxylic acids is 1. The highest BCUT2D eigenvalue weighted by molar-refractivity contribution is 6.38. The van der Waals surface area contributed by atoms with Crippen molar-refractivity contribution in [2.24, 2.45) is 0 Å². The summed E-state index contributed by atoms with van der Waals surface area (Å²) in [6.07, 6.45) is 0.750. The summed E-state index contributed by atoms with van der Waals surface area (Å²) in [5.74, 6) is 0. The van der Waals surface area contributed by atoms with Crippen LogP contribution in [0, 0.1) is 0 Å². The Bertz CT molecular complexity index is 37.2. The minimum absolute atomic E-state index is 0. The number of hydrogen-bond acceptors (Lipinski definition) is 3. The van der Waals surface area contributed by atoms with Gasteiger partial charge in [0.15, 0.2) is 0 Å². The van der Waals surface area contributed by atoms with E-state index in [0.29, 0.717) is 0 Å². The van der Waals surface area contributed by atoms with E-state index in [1.165, 1.54) is 13.7 Å². The van der Waals surface area contributed by atoms with Crippen LogP contribution in [0.2, 0.25) is 6.82 Å². The van der Waals surface area contributed by atoms with Crippen LogP contribution in [0.25, 0.3) is 0 Å². The van der Waals surface area contributed by atoms with Gasteiger partial charge in [0.25, 0.3) is 0 Å². The van der Waals surface area contributed by atoms with Crippen LogP contribution >= 0.6 is 0 Å². The van der Waals surface area contributed by atoms with Gasteiger partial charge in [0.2, 0.25) is 0 Å². The van der Waals surface area contributed by atoms with E-state index >= 15 is 0 Å². The molecule has 64 valence electrons. The van der Waals surface area contributed by atoms with Crippen LogP contribution in [0.15, 0.2) is 0 Å². The molecule has 0 aromatic carbocycles. The summed E-state index contributed by atoms with van der Waals surface area (Å²) in [7, 11) is -1.17. The van der Waals surface area contributed by atoms with E-state index in [9.17, 15) is 0 Å². The molecule has 0 bridgehead atoms. The van der Waals surface area contributed by atoms with Crippen LogP contribution in [0.5, 0.6) is 0 Å². The molecule has 0 amide bonds. The molecule has 10 heavy (non-hydrogen) atoms. The second kappa shape index (κ2) is 38.0. The van der Waals surface area contributed by atoms with Crippen molar-refractivity contribution >= 4 is 13.4 Å². The van der Waals surface area contributed by atoms with Gasteiger partial charge in [-0.1, -0.05) is 21.3 Å². The number of rotatable bonds is 0. The largest absolute Gasteiger partial charge is 0.448 e. The molecule has 0 aliphatic heterocycles. The van der Waals surface area contributed by atoms with E-state index in [1.807, 2.05) is 13.8 Å². The van der Waals surface area contributed by atoms with Gasteiger partial charge in [0, 0.05) is 0 Å². The molecule has 0 unspecified atom stereocenters. The highest BCUT2D eigenvalue weighted by Gasteiger charge is 1.86. The highest BCUT2D eigenvalue weighted by Crippen LogP contribution is 1.51. The fourth-order valence-electron chi connectivity index (χ4n) is 0. The van der Waals surface area contributed by atoms with Gasteiger partial charge >= 0.3 is 7.12 Å². The molecule has 0 aliphatic rings.